The molecule has 2 amide bonds. The first kappa shape index (κ1) is 21.2. The average Bonchev–Trinajstić information content (AvgIpc) is 2.67. The van der Waals surface area contributed by atoms with E-state index in [2.05, 4.69) is 40.5 Å². The van der Waals surface area contributed by atoms with E-state index in [1.807, 2.05) is 0 Å². The Labute approximate surface area is 162 Å². The number of carbonyl (C=O) groups excluding carboxylic acids is 1. The van der Waals surface area contributed by atoms with Crippen LogP contribution >= 0.6 is 0 Å². The molecule has 1 aromatic rings. The Balaban J connectivity index is 1.51. The molecule has 0 atom stereocenters. The van der Waals surface area contributed by atoms with Gasteiger partial charge in [-0.1, -0.05) is 30.3 Å². The van der Waals surface area contributed by atoms with E-state index >= 15 is 0 Å². The van der Waals surface area contributed by atoms with Gasteiger partial charge in [0.25, 0.3) is 0 Å². The zero-order valence-corrected chi connectivity index (χ0v) is 16.4. The summed E-state index contributed by atoms with van der Waals surface area (Å²) in [6.07, 6.45) is 5.71. The molecule has 27 heavy (non-hydrogen) atoms. The summed E-state index contributed by atoms with van der Waals surface area (Å²) in [5.74, 6) is -0.0912. The average molecular weight is 376 g/mol. The van der Waals surface area contributed by atoms with Crippen LogP contribution in [0.5, 0.6) is 0 Å². The van der Waals surface area contributed by atoms with Crippen LogP contribution in [-0.4, -0.2) is 66.7 Å². The molecule has 0 bridgehead atoms. The first-order valence-electron chi connectivity index (χ1n) is 10.0. The van der Waals surface area contributed by atoms with Crippen molar-refractivity contribution in [1.82, 2.24) is 15.1 Å². The molecule has 2 N–H and O–H groups in total. The van der Waals surface area contributed by atoms with Gasteiger partial charge in [0.1, 0.15) is 0 Å². The minimum atomic E-state index is -0.887. The van der Waals surface area contributed by atoms with E-state index in [9.17, 15) is 9.59 Å². The Kier molecular flexibility index (Phi) is 9.11. The third kappa shape index (κ3) is 8.43. The van der Waals surface area contributed by atoms with E-state index in [4.69, 9.17) is 5.11 Å². The summed E-state index contributed by atoms with van der Waals surface area (Å²) in [5.41, 5.74) is 1.44. The molecule has 0 spiro atoms. The van der Waals surface area contributed by atoms with Crippen LogP contribution in [0.15, 0.2) is 30.3 Å². The van der Waals surface area contributed by atoms with Gasteiger partial charge in [-0.3, -0.25) is 4.79 Å². The van der Waals surface area contributed by atoms with Crippen LogP contribution in [0.1, 0.15) is 37.7 Å². The summed E-state index contributed by atoms with van der Waals surface area (Å²) in [6, 6.07) is 10.6. The fraction of sp³-hybridized carbons (Fsp3) is 0.619. The Hall–Kier alpha value is -2.08. The summed E-state index contributed by atoms with van der Waals surface area (Å²) in [7, 11) is 1.62. The van der Waals surface area contributed by atoms with E-state index in [0.29, 0.717) is 6.54 Å². The van der Waals surface area contributed by atoms with Gasteiger partial charge in [-0.15, -0.1) is 0 Å². The van der Waals surface area contributed by atoms with Gasteiger partial charge in [-0.05, 0) is 63.2 Å². The lowest BCUT2D eigenvalue weighted by atomic mass is 9.90. The maximum absolute atomic E-state index is 11.8. The first-order chi connectivity index (χ1) is 13.0. The number of hydrogen-bond acceptors (Lipinski definition) is 3. The maximum atomic E-state index is 11.8. The molecule has 1 aliphatic rings. The molecular weight excluding hydrogens is 342 g/mol. The maximum Gasteiger partial charge on any atom is 0.317 e. The number of aliphatic carboxylic acids is 1. The molecular formula is C21H33N3O3. The van der Waals surface area contributed by atoms with Gasteiger partial charge in [0, 0.05) is 20.1 Å². The number of unbranched alkanes of at least 4 members (excludes halogenated alkanes) is 1. The fourth-order valence-corrected chi connectivity index (χ4v) is 3.52. The summed E-state index contributed by atoms with van der Waals surface area (Å²) in [6.45, 7) is 4.30. The molecule has 0 saturated carbocycles. The van der Waals surface area contributed by atoms with Crippen LogP contribution in [-0.2, 0) is 11.2 Å². The predicted octanol–water partition coefficient (Wildman–Crippen LogP) is 2.84. The topological polar surface area (TPSA) is 72.9 Å². The van der Waals surface area contributed by atoms with Crippen LogP contribution in [0.3, 0.4) is 0 Å². The van der Waals surface area contributed by atoms with E-state index in [1.165, 1.54) is 42.8 Å². The van der Waals surface area contributed by atoms with Crippen molar-refractivity contribution < 1.29 is 14.7 Å². The second-order valence-electron chi connectivity index (χ2n) is 7.48. The van der Waals surface area contributed by atoms with Gasteiger partial charge >= 0.3 is 12.0 Å². The van der Waals surface area contributed by atoms with Gasteiger partial charge in [-0.2, -0.15) is 0 Å². The minimum absolute atomic E-state index is 0.0237. The Morgan fingerprint density at radius 1 is 1.19 bits per heavy atom. The second-order valence-corrected chi connectivity index (χ2v) is 7.48. The highest BCUT2D eigenvalue weighted by Crippen LogP contribution is 2.21. The van der Waals surface area contributed by atoms with Crippen LogP contribution in [0.25, 0.3) is 0 Å². The zero-order chi connectivity index (χ0) is 19.5. The highest BCUT2D eigenvalue weighted by Gasteiger charge is 2.19. The zero-order valence-electron chi connectivity index (χ0n) is 16.4. The van der Waals surface area contributed by atoms with Gasteiger partial charge in [-0.25, -0.2) is 4.79 Å². The third-order valence-electron chi connectivity index (χ3n) is 5.26. The highest BCUT2D eigenvalue weighted by molar-refractivity contribution is 5.74. The van der Waals surface area contributed by atoms with Gasteiger partial charge < -0.3 is 20.2 Å². The molecule has 0 aliphatic carbocycles. The number of likely N-dealkylation sites (tertiary alicyclic amines) is 1. The van der Waals surface area contributed by atoms with Crippen molar-refractivity contribution in [3.05, 3.63) is 35.9 Å². The van der Waals surface area contributed by atoms with Crippen LogP contribution < -0.4 is 5.32 Å². The second kappa shape index (κ2) is 11.6. The standard InChI is InChI=1S/C21H33N3O3/c1-23(14-11-20(25)26)21(27)22-12-5-6-13-24-15-9-19(10-16-24)17-18-7-3-2-4-8-18/h2-4,7-8,19H,5-6,9-17H2,1H3,(H,22,27)(H,25,26). The van der Waals surface area contributed by atoms with Gasteiger partial charge in [0.2, 0.25) is 0 Å². The lowest BCUT2D eigenvalue weighted by molar-refractivity contribution is -0.137. The van der Waals surface area contributed by atoms with E-state index < -0.39 is 5.97 Å². The highest BCUT2D eigenvalue weighted by atomic mass is 16.4. The summed E-state index contributed by atoms with van der Waals surface area (Å²) in [4.78, 5) is 26.3. The van der Waals surface area contributed by atoms with Crippen molar-refractivity contribution in [1.29, 1.82) is 0 Å². The third-order valence-corrected chi connectivity index (χ3v) is 5.26. The summed E-state index contributed by atoms with van der Waals surface area (Å²) >= 11 is 0. The van der Waals surface area contributed by atoms with Crippen LogP contribution in [0, 0.1) is 5.92 Å². The van der Waals surface area contributed by atoms with E-state index in [-0.39, 0.29) is 19.0 Å². The molecule has 1 heterocycles. The van der Waals surface area contributed by atoms with Crippen molar-refractivity contribution in [3.63, 3.8) is 0 Å². The van der Waals surface area contributed by atoms with E-state index in [1.54, 1.807) is 7.05 Å². The molecule has 0 radical (unpaired) electrons. The number of carbonyl (C=O) groups is 2. The molecule has 1 aliphatic heterocycles. The number of amides is 2. The smallest absolute Gasteiger partial charge is 0.317 e. The Morgan fingerprint density at radius 2 is 1.89 bits per heavy atom. The van der Waals surface area contributed by atoms with Crippen molar-refractivity contribution in [3.8, 4) is 0 Å². The SMILES string of the molecule is CN(CCC(=O)O)C(=O)NCCCCN1CCC(Cc2ccccc2)CC1. The van der Waals surface area contributed by atoms with Crippen molar-refractivity contribution in [2.75, 3.05) is 39.8 Å². The molecule has 6 nitrogen and oxygen atoms in total. The Morgan fingerprint density at radius 3 is 2.56 bits per heavy atom. The molecule has 2 rings (SSSR count). The number of nitrogens with one attached hydrogen (secondary N) is 1. The lowest BCUT2D eigenvalue weighted by Crippen LogP contribution is -2.39. The lowest BCUT2D eigenvalue weighted by Gasteiger charge is -2.32. The number of carboxylic acids is 1. The molecule has 150 valence electrons. The van der Waals surface area contributed by atoms with Crippen molar-refractivity contribution >= 4 is 12.0 Å². The van der Waals surface area contributed by atoms with E-state index in [0.717, 1.165) is 25.3 Å². The predicted molar refractivity (Wildman–Crippen MR) is 107 cm³/mol. The first-order valence-corrected chi connectivity index (χ1v) is 10.0. The Bertz CT molecular complexity index is 571. The number of benzene rings is 1. The molecule has 1 saturated heterocycles. The quantitative estimate of drug-likeness (QED) is 0.617. The number of rotatable bonds is 10. The van der Waals surface area contributed by atoms with Gasteiger partial charge in [0.15, 0.2) is 0 Å². The van der Waals surface area contributed by atoms with Crippen molar-refractivity contribution in [2.24, 2.45) is 5.92 Å². The van der Waals surface area contributed by atoms with Crippen LogP contribution in [0.2, 0.25) is 0 Å². The summed E-state index contributed by atoms with van der Waals surface area (Å²) in [5, 5.41) is 11.5. The number of hydrogen-bond donors (Lipinski definition) is 2. The molecule has 6 heteroatoms. The fourth-order valence-electron chi connectivity index (χ4n) is 3.52. The molecule has 0 unspecified atom stereocenters. The monoisotopic (exact) mass is 375 g/mol. The number of nitrogens with zero attached hydrogens (tertiary/aromatic N) is 2. The number of carboxylic acid groups (broad SMARTS) is 1. The molecule has 1 fully saturated rings. The van der Waals surface area contributed by atoms with Crippen LogP contribution in [0.4, 0.5) is 4.79 Å². The summed E-state index contributed by atoms with van der Waals surface area (Å²) < 4.78 is 0. The minimum Gasteiger partial charge on any atom is -0.481 e. The normalized spacial score (nSPS) is 15.4. The van der Waals surface area contributed by atoms with Gasteiger partial charge in [0.05, 0.1) is 6.42 Å². The van der Waals surface area contributed by atoms with Crippen molar-refractivity contribution in [2.45, 2.75) is 38.5 Å². The molecule has 1 aromatic carbocycles. The largest absolute Gasteiger partial charge is 0.481 e. The molecule has 0 aromatic heterocycles. The number of piperidine rings is 1. The number of urea groups is 1.